The Labute approximate surface area is 125 Å². The average molecular weight is 315 g/mol. The highest BCUT2D eigenvalue weighted by molar-refractivity contribution is 7.89. The lowest BCUT2D eigenvalue weighted by Crippen LogP contribution is -2.47. The minimum atomic E-state index is -3.74. The standard InChI is InChI=1S/C14H22FN3O2S/c1-17-8-4-5-11(10-17)18(2)21(19,20)14-7-3-6-13(15)12(14)9-16/h3,6-7,11H,4-5,8-10,16H2,1-2H3. The Kier molecular flexibility index (Phi) is 4.98. The Hall–Kier alpha value is -1.02. The molecular weight excluding hydrogens is 293 g/mol. The summed E-state index contributed by atoms with van der Waals surface area (Å²) in [5, 5.41) is 0. The van der Waals surface area contributed by atoms with Crippen LogP contribution in [0.4, 0.5) is 4.39 Å². The molecule has 1 heterocycles. The van der Waals surface area contributed by atoms with E-state index in [2.05, 4.69) is 4.90 Å². The number of piperidine rings is 1. The predicted molar refractivity (Wildman–Crippen MR) is 79.8 cm³/mol. The van der Waals surface area contributed by atoms with E-state index >= 15 is 0 Å². The van der Waals surface area contributed by atoms with Crippen molar-refractivity contribution in [3.05, 3.63) is 29.6 Å². The largest absolute Gasteiger partial charge is 0.326 e. The van der Waals surface area contributed by atoms with Crippen LogP contribution in [0, 0.1) is 5.82 Å². The van der Waals surface area contributed by atoms with Crippen LogP contribution in [-0.2, 0) is 16.6 Å². The molecule has 1 aliphatic rings. The van der Waals surface area contributed by atoms with Crippen molar-refractivity contribution in [2.75, 3.05) is 27.2 Å². The van der Waals surface area contributed by atoms with Gasteiger partial charge in [-0.1, -0.05) is 6.07 Å². The second kappa shape index (κ2) is 6.39. The molecule has 1 aliphatic heterocycles. The first-order valence-corrected chi connectivity index (χ1v) is 8.46. The van der Waals surface area contributed by atoms with E-state index in [1.54, 1.807) is 7.05 Å². The zero-order chi connectivity index (χ0) is 15.6. The Morgan fingerprint density at radius 1 is 1.48 bits per heavy atom. The first kappa shape index (κ1) is 16.4. The molecule has 1 unspecified atom stereocenters. The van der Waals surface area contributed by atoms with Gasteiger partial charge in [-0.05, 0) is 38.6 Å². The topological polar surface area (TPSA) is 66.6 Å². The summed E-state index contributed by atoms with van der Waals surface area (Å²) in [5.74, 6) is -0.576. The van der Waals surface area contributed by atoms with Crippen LogP contribution in [0.5, 0.6) is 0 Å². The normalized spacial score (nSPS) is 20.9. The Morgan fingerprint density at radius 2 is 2.19 bits per heavy atom. The van der Waals surface area contributed by atoms with Gasteiger partial charge in [0.05, 0.1) is 4.90 Å². The fourth-order valence-corrected chi connectivity index (χ4v) is 4.38. The second-order valence-corrected chi connectivity index (χ2v) is 7.47. The Morgan fingerprint density at radius 3 is 2.81 bits per heavy atom. The first-order valence-electron chi connectivity index (χ1n) is 7.02. The van der Waals surface area contributed by atoms with Crippen LogP contribution in [0.25, 0.3) is 0 Å². The Balaban J connectivity index is 2.35. The molecule has 0 aliphatic carbocycles. The van der Waals surface area contributed by atoms with Crippen LogP contribution in [-0.4, -0.2) is 50.8 Å². The molecule has 0 bridgehead atoms. The smallest absolute Gasteiger partial charge is 0.243 e. The number of likely N-dealkylation sites (tertiary alicyclic amines) is 1. The van der Waals surface area contributed by atoms with Gasteiger partial charge in [0.25, 0.3) is 0 Å². The Bertz CT molecular complexity index is 606. The molecule has 7 heteroatoms. The molecule has 0 amide bonds. The number of sulfonamides is 1. The van der Waals surface area contributed by atoms with Gasteiger partial charge in [-0.25, -0.2) is 12.8 Å². The lowest BCUT2D eigenvalue weighted by atomic mass is 10.1. The van der Waals surface area contributed by atoms with Crippen molar-refractivity contribution < 1.29 is 12.8 Å². The van der Waals surface area contributed by atoms with Crippen LogP contribution in [0.3, 0.4) is 0 Å². The van der Waals surface area contributed by atoms with Crippen molar-refractivity contribution in [1.29, 1.82) is 0 Å². The first-order chi connectivity index (χ1) is 9.87. The van der Waals surface area contributed by atoms with E-state index in [1.807, 2.05) is 7.05 Å². The molecule has 0 aromatic heterocycles. The third kappa shape index (κ3) is 3.26. The SMILES string of the molecule is CN1CCCC(N(C)S(=O)(=O)c2cccc(F)c2CN)C1. The van der Waals surface area contributed by atoms with Crippen LogP contribution in [0.15, 0.2) is 23.1 Å². The fourth-order valence-electron chi connectivity index (χ4n) is 2.77. The summed E-state index contributed by atoms with van der Waals surface area (Å²) in [6, 6.07) is 3.96. The summed E-state index contributed by atoms with van der Waals surface area (Å²) in [4.78, 5) is 2.08. The number of halogens is 1. The van der Waals surface area contributed by atoms with E-state index in [-0.39, 0.29) is 23.0 Å². The summed E-state index contributed by atoms with van der Waals surface area (Å²) in [5.41, 5.74) is 5.57. The second-order valence-electron chi connectivity index (χ2n) is 5.50. The molecule has 1 atom stereocenters. The minimum Gasteiger partial charge on any atom is -0.326 e. The van der Waals surface area contributed by atoms with E-state index in [0.29, 0.717) is 6.54 Å². The van der Waals surface area contributed by atoms with Crippen LogP contribution in [0.1, 0.15) is 18.4 Å². The van der Waals surface area contributed by atoms with Crippen LogP contribution in [0.2, 0.25) is 0 Å². The number of hydrogen-bond donors (Lipinski definition) is 1. The van der Waals surface area contributed by atoms with Gasteiger partial charge in [0.2, 0.25) is 10.0 Å². The average Bonchev–Trinajstić information content (AvgIpc) is 2.46. The fraction of sp³-hybridized carbons (Fsp3) is 0.571. The molecule has 1 aromatic rings. The molecule has 0 saturated carbocycles. The molecule has 118 valence electrons. The number of rotatable bonds is 4. The zero-order valence-electron chi connectivity index (χ0n) is 12.4. The molecule has 0 spiro atoms. The van der Waals surface area contributed by atoms with Gasteiger partial charge in [0.1, 0.15) is 5.82 Å². The molecule has 1 fully saturated rings. The minimum absolute atomic E-state index is 0.0271. The van der Waals surface area contributed by atoms with Crippen LogP contribution < -0.4 is 5.73 Å². The molecule has 0 radical (unpaired) electrons. The zero-order valence-corrected chi connectivity index (χ0v) is 13.2. The third-order valence-corrected chi connectivity index (χ3v) is 6.05. The van der Waals surface area contributed by atoms with Crippen LogP contribution >= 0.6 is 0 Å². The lowest BCUT2D eigenvalue weighted by Gasteiger charge is -2.35. The summed E-state index contributed by atoms with van der Waals surface area (Å²) < 4.78 is 40.6. The van der Waals surface area contributed by atoms with Gasteiger partial charge in [0.15, 0.2) is 0 Å². The van der Waals surface area contributed by atoms with Crippen molar-refractivity contribution in [3.63, 3.8) is 0 Å². The monoisotopic (exact) mass is 315 g/mol. The molecule has 5 nitrogen and oxygen atoms in total. The van der Waals surface area contributed by atoms with E-state index in [9.17, 15) is 12.8 Å². The van der Waals surface area contributed by atoms with Crippen molar-refractivity contribution in [2.24, 2.45) is 5.73 Å². The molecule has 21 heavy (non-hydrogen) atoms. The maximum Gasteiger partial charge on any atom is 0.243 e. The number of nitrogens with zero attached hydrogens (tertiary/aromatic N) is 2. The molecule has 1 saturated heterocycles. The van der Waals surface area contributed by atoms with E-state index in [1.165, 1.54) is 22.5 Å². The maximum absolute atomic E-state index is 13.8. The number of likely N-dealkylation sites (N-methyl/N-ethyl adjacent to an activating group) is 2. The molecule has 2 rings (SSSR count). The van der Waals surface area contributed by atoms with Crippen molar-refractivity contribution in [1.82, 2.24) is 9.21 Å². The van der Waals surface area contributed by atoms with Gasteiger partial charge < -0.3 is 10.6 Å². The number of nitrogens with two attached hydrogens (primary N) is 1. The van der Waals surface area contributed by atoms with E-state index in [0.717, 1.165) is 19.4 Å². The molecule has 2 N–H and O–H groups in total. The summed E-state index contributed by atoms with van der Waals surface area (Å²) in [6.07, 6.45) is 1.77. The molecule has 1 aromatic carbocycles. The van der Waals surface area contributed by atoms with E-state index in [4.69, 9.17) is 5.73 Å². The highest BCUT2D eigenvalue weighted by atomic mass is 32.2. The quantitative estimate of drug-likeness (QED) is 0.900. The summed E-state index contributed by atoms with van der Waals surface area (Å²) in [7, 11) is -0.208. The summed E-state index contributed by atoms with van der Waals surface area (Å²) >= 11 is 0. The number of benzene rings is 1. The van der Waals surface area contributed by atoms with Gasteiger partial charge in [0, 0.05) is 31.7 Å². The molecular formula is C14H22FN3O2S. The van der Waals surface area contributed by atoms with E-state index < -0.39 is 15.8 Å². The van der Waals surface area contributed by atoms with Crippen molar-refractivity contribution in [3.8, 4) is 0 Å². The van der Waals surface area contributed by atoms with Crippen molar-refractivity contribution in [2.45, 2.75) is 30.3 Å². The lowest BCUT2D eigenvalue weighted by molar-refractivity contribution is 0.187. The van der Waals surface area contributed by atoms with Crippen molar-refractivity contribution >= 4 is 10.0 Å². The summed E-state index contributed by atoms with van der Waals surface area (Å²) in [6.45, 7) is 1.51. The predicted octanol–water partition coefficient (Wildman–Crippen LogP) is 0.999. The number of hydrogen-bond acceptors (Lipinski definition) is 4. The van der Waals surface area contributed by atoms with Gasteiger partial charge in [-0.15, -0.1) is 0 Å². The third-order valence-electron chi connectivity index (χ3n) is 4.05. The highest BCUT2D eigenvalue weighted by Crippen LogP contribution is 2.25. The van der Waals surface area contributed by atoms with Gasteiger partial charge >= 0.3 is 0 Å². The van der Waals surface area contributed by atoms with Gasteiger partial charge in [-0.3, -0.25) is 0 Å². The van der Waals surface area contributed by atoms with Gasteiger partial charge in [-0.2, -0.15) is 4.31 Å². The highest BCUT2D eigenvalue weighted by Gasteiger charge is 2.32. The maximum atomic E-state index is 13.8.